The van der Waals surface area contributed by atoms with Crippen LogP contribution >= 0.6 is 0 Å². The molecule has 0 bridgehead atoms. The predicted molar refractivity (Wildman–Crippen MR) is 89.9 cm³/mol. The summed E-state index contributed by atoms with van der Waals surface area (Å²) >= 11 is 0. The Hall–Kier alpha value is -2.53. The average Bonchev–Trinajstić information content (AvgIpc) is 2.88. The van der Waals surface area contributed by atoms with Crippen molar-refractivity contribution in [1.82, 2.24) is 0 Å². The minimum Gasteiger partial charge on any atom is -0.623 e. The maximum atomic E-state index is 12.2. The van der Waals surface area contributed by atoms with E-state index in [0.29, 0.717) is 0 Å². The number of hydrogen-bond acceptors (Lipinski definition) is 1. The first-order valence-electron chi connectivity index (χ1n) is 7.70. The van der Waals surface area contributed by atoms with Crippen molar-refractivity contribution in [3.05, 3.63) is 76.5 Å². The Morgan fingerprint density at radius 2 is 1.82 bits per heavy atom. The quantitative estimate of drug-likeness (QED) is 0.469. The van der Waals surface area contributed by atoms with Crippen molar-refractivity contribution in [1.29, 1.82) is 0 Å². The predicted octanol–water partition coefficient (Wildman–Crippen LogP) is 3.76. The number of hydrogen-bond donors (Lipinski definition) is 0. The van der Waals surface area contributed by atoms with E-state index in [1.165, 1.54) is 5.56 Å². The van der Waals surface area contributed by atoms with E-state index in [0.717, 1.165) is 40.8 Å². The molecule has 1 unspecified atom stereocenters. The molecule has 22 heavy (non-hydrogen) atoms. The Kier molecular flexibility index (Phi) is 4.25. The molecule has 110 valence electrons. The third kappa shape index (κ3) is 3.04. The number of nitrogens with zero attached hydrogens (tertiary/aromatic N) is 1. The van der Waals surface area contributed by atoms with Crippen LogP contribution in [0.3, 0.4) is 0 Å². The molecule has 1 aliphatic rings. The van der Waals surface area contributed by atoms with Gasteiger partial charge in [0.2, 0.25) is 0 Å². The summed E-state index contributed by atoms with van der Waals surface area (Å²) in [5.41, 5.74) is 4.02. The molecule has 0 aromatic heterocycles. The van der Waals surface area contributed by atoms with E-state index >= 15 is 0 Å². The van der Waals surface area contributed by atoms with Crippen molar-refractivity contribution < 1.29 is 4.74 Å². The molecule has 1 aliphatic heterocycles. The molecule has 0 aliphatic carbocycles. The lowest BCUT2D eigenvalue weighted by atomic mass is 10.0. The van der Waals surface area contributed by atoms with Crippen LogP contribution in [0.1, 0.15) is 36.5 Å². The fraction of sp³-hybridized carbons (Fsp3) is 0.250. The van der Waals surface area contributed by atoms with E-state index in [-0.39, 0.29) is 6.04 Å². The molecule has 2 aromatic carbocycles. The highest BCUT2D eigenvalue weighted by molar-refractivity contribution is 5.99. The minimum atomic E-state index is 0.0698. The zero-order valence-electron chi connectivity index (χ0n) is 12.8. The zero-order valence-corrected chi connectivity index (χ0v) is 12.8. The highest BCUT2D eigenvalue weighted by Gasteiger charge is 2.27. The lowest BCUT2D eigenvalue weighted by Crippen LogP contribution is -2.16. The molecule has 0 spiro atoms. The molecule has 0 N–H and O–H groups in total. The number of hydroxylamine groups is 1. The summed E-state index contributed by atoms with van der Waals surface area (Å²) in [6.45, 7) is 1.98. The van der Waals surface area contributed by atoms with Crippen molar-refractivity contribution in [3.63, 3.8) is 0 Å². The SMILES string of the molecule is CC1CCC(c2ccccc2C#CCc2ccccc2)=[N+]1[O-]. The molecule has 1 heterocycles. The molecule has 0 amide bonds. The van der Waals surface area contributed by atoms with Gasteiger partial charge >= 0.3 is 0 Å². The van der Waals surface area contributed by atoms with E-state index in [9.17, 15) is 5.21 Å². The van der Waals surface area contributed by atoms with Gasteiger partial charge < -0.3 is 5.21 Å². The van der Waals surface area contributed by atoms with Gasteiger partial charge in [0, 0.05) is 24.8 Å². The molecule has 0 fully saturated rings. The van der Waals surface area contributed by atoms with Crippen molar-refractivity contribution >= 4 is 5.71 Å². The average molecular weight is 289 g/mol. The summed E-state index contributed by atoms with van der Waals surface area (Å²) in [4.78, 5) is 0. The van der Waals surface area contributed by atoms with Gasteiger partial charge in [0.1, 0.15) is 0 Å². The van der Waals surface area contributed by atoms with E-state index in [2.05, 4.69) is 24.0 Å². The van der Waals surface area contributed by atoms with Gasteiger partial charge in [-0.1, -0.05) is 54.3 Å². The van der Waals surface area contributed by atoms with Crippen molar-refractivity contribution in [2.75, 3.05) is 0 Å². The van der Waals surface area contributed by atoms with E-state index in [4.69, 9.17) is 0 Å². The molecule has 3 rings (SSSR count). The Labute approximate surface area is 131 Å². The maximum Gasteiger partial charge on any atom is 0.196 e. The number of rotatable bonds is 2. The van der Waals surface area contributed by atoms with Crippen molar-refractivity contribution in [2.24, 2.45) is 0 Å². The fourth-order valence-electron chi connectivity index (χ4n) is 2.77. The smallest absolute Gasteiger partial charge is 0.196 e. The summed E-state index contributed by atoms with van der Waals surface area (Å²) in [5.74, 6) is 6.46. The van der Waals surface area contributed by atoms with Gasteiger partial charge in [-0.15, -0.1) is 0 Å². The Morgan fingerprint density at radius 1 is 1.09 bits per heavy atom. The topological polar surface area (TPSA) is 26.1 Å². The number of benzene rings is 2. The van der Waals surface area contributed by atoms with Crippen LogP contribution in [-0.2, 0) is 6.42 Å². The van der Waals surface area contributed by atoms with Crippen LogP contribution in [0.4, 0.5) is 0 Å². The first kappa shape index (κ1) is 14.4. The first-order valence-corrected chi connectivity index (χ1v) is 7.70. The van der Waals surface area contributed by atoms with E-state index in [1.54, 1.807) is 0 Å². The summed E-state index contributed by atoms with van der Waals surface area (Å²) in [7, 11) is 0. The maximum absolute atomic E-state index is 12.2. The largest absolute Gasteiger partial charge is 0.623 e. The third-order valence-electron chi connectivity index (χ3n) is 4.06. The second kappa shape index (κ2) is 6.49. The van der Waals surface area contributed by atoms with Gasteiger partial charge in [0.15, 0.2) is 11.8 Å². The second-order valence-corrected chi connectivity index (χ2v) is 5.67. The van der Waals surface area contributed by atoms with Crippen LogP contribution < -0.4 is 0 Å². The summed E-state index contributed by atoms with van der Waals surface area (Å²) < 4.78 is 1.15. The van der Waals surface area contributed by atoms with Crippen LogP contribution in [0.25, 0.3) is 0 Å². The molecule has 0 saturated heterocycles. The fourth-order valence-corrected chi connectivity index (χ4v) is 2.77. The van der Waals surface area contributed by atoms with Crippen LogP contribution in [0.15, 0.2) is 54.6 Å². The minimum absolute atomic E-state index is 0.0698. The molecule has 2 aromatic rings. The molecule has 1 atom stereocenters. The summed E-state index contributed by atoms with van der Waals surface area (Å²) in [6.07, 6.45) is 2.48. The lowest BCUT2D eigenvalue weighted by Gasteiger charge is -2.08. The first-order chi connectivity index (χ1) is 10.8. The van der Waals surface area contributed by atoms with Gasteiger partial charge in [0.05, 0.1) is 5.56 Å². The molecule has 0 saturated carbocycles. The Bertz CT molecular complexity index is 750. The summed E-state index contributed by atoms with van der Waals surface area (Å²) in [5, 5.41) is 12.2. The highest BCUT2D eigenvalue weighted by atomic mass is 16.5. The molecule has 2 nitrogen and oxygen atoms in total. The standard InChI is InChI=1S/C20H19NO/c1-16-14-15-20(21(16)22)19-13-6-5-11-18(19)12-7-10-17-8-3-2-4-9-17/h2-6,8-9,11,13,16H,10,14-15H2,1H3. The van der Waals surface area contributed by atoms with Gasteiger partial charge in [0.25, 0.3) is 0 Å². The summed E-state index contributed by atoms with van der Waals surface area (Å²) in [6, 6.07) is 18.2. The van der Waals surface area contributed by atoms with Crippen molar-refractivity contribution in [2.45, 2.75) is 32.2 Å². The van der Waals surface area contributed by atoms with Crippen LogP contribution in [-0.4, -0.2) is 16.5 Å². The Balaban J connectivity index is 1.87. The molecular formula is C20H19NO. The molecule has 0 radical (unpaired) electrons. The Morgan fingerprint density at radius 3 is 2.55 bits per heavy atom. The van der Waals surface area contributed by atoms with Crippen LogP contribution in [0, 0.1) is 17.0 Å². The highest BCUT2D eigenvalue weighted by Crippen LogP contribution is 2.20. The lowest BCUT2D eigenvalue weighted by molar-refractivity contribution is -0.487. The normalized spacial score (nSPS) is 17.2. The zero-order chi connectivity index (χ0) is 15.4. The van der Waals surface area contributed by atoms with Gasteiger partial charge in [-0.2, -0.15) is 0 Å². The van der Waals surface area contributed by atoms with Gasteiger partial charge in [-0.05, 0) is 24.6 Å². The molecular weight excluding hydrogens is 270 g/mol. The van der Waals surface area contributed by atoms with Gasteiger partial charge in [-0.3, -0.25) is 0 Å². The van der Waals surface area contributed by atoms with Crippen LogP contribution in [0.5, 0.6) is 0 Å². The van der Waals surface area contributed by atoms with Crippen LogP contribution in [0.2, 0.25) is 0 Å². The van der Waals surface area contributed by atoms with Crippen molar-refractivity contribution in [3.8, 4) is 11.8 Å². The molecule has 2 heteroatoms. The van der Waals surface area contributed by atoms with E-state index < -0.39 is 0 Å². The second-order valence-electron chi connectivity index (χ2n) is 5.67. The van der Waals surface area contributed by atoms with Gasteiger partial charge in [-0.25, -0.2) is 4.74 Å². The van der Waals surface area contributed by atoms with E-state index in [1.807, 2.05) is 49.4 Å². The third-order valence-corrected chi connectivity index (χ3v) is 4.06. The monoisotopic (exact) mass is 289 g/mol.